The Labute approximate surface area is 102 Å². The Morgan fingerprint density at radius 1 is 1.41 bits per heavy atom. The Morgan fingerprint density at radius 2 is 2.06 bits per heavy atom. The van der Waals surface area contributed by atoms with E-state index in [4.69, 9.17) is 0 Å². The number of aromatic nitrogens is 2. The maximum absolute atomic E-state index is 12.2. The van der Waals surface area contributed by atoms with Crippen molar-refractivity contribution in [3.8, 4) is 0 Å². The molecule has 0 fully saturated rings. The number of rotatable bonds is 4. The number of carbonyl (C=O) groups is 1. The molecule has 0 atom stereocenters. The summed E-state index contributed by atoms with van der Waals surface area (Å²) in [6, 6.07) is 0. The monoisotopic (exact) mass is 236 g/mol. The van der Waals surface area contributed by atoms with E-state index in [2.05, 4.69) is 22.2 Å². The minimum Gasteiger partial charge on any atom is -0.372 e. The van der Waals surface area contributed by atoms with Gasteiger partial charge in [-0.3, -0.25) is 4.79 Å². The van der Waals surface area contributed by atoms with Gasteiger partial charge >= 0.3 is 0 Å². The van der Waals surface area contributed by atoms with Crippen molar-refractivity contribution in [3.05, 3.63) is 18.1 Å². The molecule has 1 N–H and O–H groups in total. The molecule has 0 aliphatic carbocycles. The van der Waals surface area contributed by atoms with Crippen LogP contribution in [0.5, 0.6) is 0 Å². The average molecular weight is 236 g/mol. The summed E-state index contributed by atoms with van der Waals surface area (Å²) < 4.78 is 0. The third-order valence-corrected chi connectivity index (χ3v) is 3.20. The molecule has 1 aromatic heterocycles. The number of carbonyl (C=O) groups excluding carboxylic acids is 1. The lowest BCUT2D eigenvalue weighted by Gasteiger charge is -2.34. The summed E-state index contributed by atoms with van der Waals surface area (Å²) in [6.45, 7) is 6.11. The molecule has 1 amide bonds. The molecule has 0 unspecified atom stereocenters. The number of nitrogens with one attached hydrogen (secondary N) is 1. The molecular formula is C12H20N4O. The molecule has 94 valence electrons. The zero-order chi connectivity index (χ0) is 13.1. The molecule has 0 radical (unpaired) electrons. The molecule has 1 aromatic rings. The van der Waals surface area contributed by atoms with Crippen LogP contribution in [0.3, 0.4) is 0 Å². The van der Waals surface area contributed by atoms with Crippen molar-refractivity contribution in [1.29, 1.82) is 0 Å². The second kappa shape index (κ2) is 5.12. The van der Waals surface area contributed by atoms with Crippen LogP contribution >= 0.6 is 0 Å². The van der Waals surface area contributed by atoms with Crippen LogP contribution in [-0.4, -0.2) is 40.4 Å². The molecule has 0 saturated heterocycles. The molecule has 0 saturated carbocycles. The van der Waals surface area contributed by atoms with Gasteiger partial charge in [-0.05, 0) is 20.3 Å². The van der Waals surface area contributed by atoms with Gasteiger partial charge in [-0.15, -0.1) is 0 Å². The van der Waals surface area contributed by atoms with Crippen LogP contribution in [0.25, 0.3) is 0 Å². The van der Waals surface area contributed by atoms with Gasteiger partial charge in [0.15, 0.2) is 0 Å². The maximum Gasteiger partial charge on any atom is 0.274 e. The average Bonchev–Trinajstić information content (AvgIpc) is 2.37. The molecule has 0 aromatic carbocycles. The summed E-state index contributed by atoms with van der Waals surface area (Å²) in [5.74, 6) is 0.547. The van der Waals surface area contributed by atoms with Crippen LogP contribution in [0.1, 0.15) is 37.7 Å². The van der Waals surface area contributed by atoms with Crippen LogP contribution in [0.4, 0.5) is 5.82 Å². The van der Waals surface area contributed by atoms with E-state index in [1.54, 1.807) is 25.2 Å². The predicted octanol–water partition coefficient (Wildman–Crippen LogP) is 1.78. The second-order valence-corrected chi connectivity index (χ2v) is 4.57. The van der Waals surface area contributed by atoms with E-state index >= 15 is 0 Å². The fourth-order valence-electron chi connectivity index (χ4n) is 1.25. The Hall–Kier alpha value is -1.65. The van der Waals surface area contributed by atoms with Gasteiger partial charge in [0.05, 0.1) is 12.4 Å². The standard InChI is InChI=1S/C12H20N4O/c1-6-12(2,3)16(5)11(17)9-7-15-10(13-4)8-14-9/h7-8H,6H2,1-5H3,(H,13,15). The van der Waals surface area contributed by atoms with Crippen LogP contribution in [0.2, 0.25) is 0 Å². The molecule has 1 rings (SSSR count). The van der Waals surface area contributed by atoms with Crippen molar-refractivity contribution in [1.82, 2.24) is 14.9 Å². The summed E-state index contributed by atoms with van der Waals surface area (Å²) in [6.07, 6.45) is 3.94. The summed E-state index contributed by atoms with van der Waals surface area (Å²) in [5.41, 5.74) is 0.188. The van der Waals surface area contributed by atoms with E-state index in [0.717, 1.165) is 6.42 Å². The first-order valence-corrected chi connectivity index (χ1v) is 5.70. The number of hydrogen-bond acceptors (Lipinski definition) is 4. The SMILES string of the molecule is CCC(C)(C)N(C)C(=O)c1cnc(NC)cn1. The van der Waals surface area contributed by atoms with Crippen molar-refractivity contribution in [2.75, 3.05) is 19.4 Å². The summed E-state index contributed by atoms with van der Waals surface area (Å²) in [4.78, 5) is 22.0. The fourth-order valence-corrected chi connectivity index (χ4v) is 1.25. The van der Waals surface area contributed by atoms with Gasteiger partial charge in [0.2, 0.25) is 0 Å². The van der Waals surface area contributed by atoms with E-state index in [1.807, 2.05) is 13.8 Å². The Bertz CT molecular complexity index is 386. The minimum absolute atomic E-state index is 0.105. The number of hydrogen-bond donors (Lipinski definition) is 1. The van der Waals surface area contributed by atoms with Gasteiger partial charge < -0.3 is 10.2 Å². The largest absolute Gasteiger partial charge is 0.372 e. The third kappa shape index (κ3) is 2.93. The van der Waals surface area contributed by atoms with Crippen molar-refractivity contribution in [2.24, 2.45) is 0 Å². The van der Waals surface area contributed by atoms with Crippen molar-refractivity contribution < 1.29 is 4.79 Å². The molecule has 0 bridgehead atoms. The van der Waals surface area contributed by atoms with Crippen molar-refractivity contribution in [2.45, 2.75) is 32.7 Å². The van der Waals surface area contributed by atoms with Gasteiger partial charge in [0.25, 0.3) is 5.91 Å². The normalized spacial score (nSPS) is 11.1. The first-order valence-electron chi connectivity index (χ1n) is 5.70. The Balaban J connectivity index is 2.89. The number of nitrogens with zero attached hydrogens (tertiary/aromatic N) is 3. The number of amides is 1. The summed E-state index contributed by atoms with van der Waals surface area (Å²) in [5, 5.41) is 2.87. The van der Waals surface area contributed by atoms with E-state index in [-0.39, 0.29) is 11.4 Å². The molecule has 17 heavy (non-hydrogen) atoms. The first kappa shape index (κ1) is 13.4. The summed E-state index contributed by atoms with van der Waals surface area (Å²) >= 11 is 0. The molecule has 0 aliphatic rings. The first-order chi connectivity index (χ1) is 7.92. The highest BCUT2D eigenvalue weighted by Crippen LogP contribution is 2.18. The lowest BCUT2D eigenvalue weighted by atomic mass is 10.00. The van der Waals surface area contributed by atoms with Crippen LogP contribution < -0.4 is 5.32 Å². The van der Waals surface area contributed by atoms with Crippen LogP contribution in [0.15, 0.2) is 12.4 Å². The maximum atomic E-state index is 12.2. The molecular weight excluding hydrogens is 216 g/mol. The zero-order valence-corrected chi connectivity index (χ0v) is 11.1. The highest BCUT2D eigenvalue weighted by atomic mass is 16.2. The minimum atomic E-state index is -0.180. The smallest absolute Gasteiger partial charge is 0.274 e. The Kier molecular flexibility index (Phi) is 4.04. The van der Waals surface area contributed by atoms with Crippen molar-refractivity contribution >= 4 is 11.7 Å². The zero-order valence-electron chi connectivity index (χ0n) is 11.1. The van der Waals surface area contributed by atoms with E-state index < -0.39 is 0 Å². The quantitative estimate of drug-likeness (QED) is 0.865. The van der Waals surface area contributed by atoms with Crippen molar-refractivity contribution in [3.63, 3.8) is 0 Å². The van der Waals surface area contributed by atoms with Gasteiger partial charge in [-0.2, -0.15) is 0 Å². The fraction of sp³-hybridized carbons (Fsp3) is 0.583. The predicted molar refractivity (Wildman–Crippen MR) is 68.0 cm³/mol. The highest BCUT2D eigenvalue weighted by Gasteiger charge is 2.27. The lowest BCUT2D eigenvalue weighted by Crippen LogP contribution is -2.44. The molecule has 0 aliphatic heterocycles. The highest BCUT2D eigenvalue weighted by molar-refractivity contribution is 5.92. The number of anilines is 1. The molecule has 5 heteroatoms. The van der Waals surface area contributed by atoms with E-state index in [9.17, 15) is 4.79 Å². The van der Waals surface area contributed by atoms with Gasteiger partial charge in [-0.1, -0.05) is 6.92 Å². The topological polar surface area (TPSA) is 58.1 Å². The van der Waals surface area contributed by atoms with E-state index in [1.165, 1.54) is 6.20 Å². The van der Waals surface area contributed by atoms with Gasteiger partial charge in [0.1, 0.15) is 11.5 Å². The third-order valence-electron chi connectivity index (χ3n) is 3.20. The molecule has 0 spiro atoms. The van der Waals surface area contributed by atoms with Crippen LogP contribution in [0, 0.1) is 0 Å². The summed E-state index contributed by atoms with van der Waals surface area (Å²) in [7, 11) is 3.55. The Morgan fingerprint density at radius 3 is 2.47 bits per heavy atom. The second-order valence-electron chi connectivity index (χ2n) is 4.57. The molecule has 1 heterocycles. The van der Waals surface area contributed by atoms with E-state index in [0.29, 0.717) is 11.5 Å². The van der Waals surface area contributed by atoms with Crippen LogP contribution in [-0.2, 0) is 0 Å². The lowest BCUT2D eigenvalue weighted by molar-refractivity contribution is 0.0613. The van der Waals surface area contributed by atoms with Gasteiger partial charge in [0, 0.05) is 19.6 Å². The molecule has 5 nitrogen and oxygen atoms in total. The van der Waals surface area contributed by atoms with Gasteiger partial charge in [-0.25, -0.2) is 9.97 Å².